The van der Waals surface area contributed by atoms with Crippen molar-refractivity contribution in [1.82, 2.24) is 20.3 Å². The molecule has 2 rings (SSSR count). The first-order valence-corrected chi connectivity index (χ1v) is 5.91. The van der Waals surface area contributed by atoms with Crippen LogP contribution >= 0.6 is 0 Å². The smallest absolute Gasteiger partial charge is 0.244 e. The first-order chi connectivity index (χ1) is 9.28. The Labute approximate surface area is 110 Å². The third-order valence-corrected chi connectivity index (χ3v) is 2.25. The predicted octanol–water partition coefficient (Wildman–Crippen LogP) is 1.36. The van der Waals surface area contributed by atoms with Gasteiger partial charge in [-0.25, -0.2) is 0 Å². The maximum absolute atomic E-state index is 4.96. The summed E-state index contributed by atoms with van der Waals surface area (Å²) in [6.45, 7) is 3.23. The van der Waals surface area contributed by atoms with E-state index in [2.05, 4.69) is 31.0 Å². The van der Waals surface area contributed by atoms with Gasteiger partial charge < -0.3 is 19.9 Å². The van der Waals surface area contributed by atoms with E-state index < -0.39 is 0 Å². The average molecular weight is 264 g/mol. The number of aryl methyl sites for hydroxylation is 1. The van der Waals surface area contributed by atoms with Crippen LogP contribution in [-0.4, -0.2) is 40.6 Å². The fourth-order valence-corrected chi connectivity index (χ4v) is 1.41. The number of hydrogen-bond donors (Lipinski definition) is 2. The first-order valence-electron chi connectivity index (χ1n) is 5.91. The van der Waals surface area contributed by atoms with Gasteiger partial charge in [0.05, 0.1) is 6.20 Å². The number of methoxy groups -OCH3 is 1. The van der Waals surface area contributed by atoms with Gasteiger partial charge in [-0.05, 0) is 13.3 Å². The minimum absolute atomic E-state index is 0.460. The molecule has 0 aromatic carbocycles. The number of ether oxygens (including phenoxy) is 1. The minimum Gasteiger partial charge on any atom is -0.385 e. The van der Waals surface area contributed by atoms with Gasteiger partial charge in [0.15, 0.2) is 11.6 Å². The van der Waals surface area contributed by atoms with Crippen molar-refractivity contribution in [3.63, 3.8) is 0 Å². The monoisotopic (exact) mass is 264 g/mol. The van der Waals surface area contributed by atoms with Gasteiger partial charge in [0.1, 0.15) is 5.76 Å². The molecule has 0 amide bonds. The topological polar surface area (TPSA) is 98.0 Å². The van der Waals surface area contributed by atoms with Crippen molar-refractivity contribution >= 4 is 17.6 Å². The van der Waals surface area contributed by atoms with E-state index in [1.54, 1.807) is 13.2 Å². The lowest BCUT2D eigenvalue weighted by molar-refractivity contribution is 0.197. The number of nitrogens with zero attached hydrogens (tertiary/aromatic N) is 4. The molecule has 0 aliphatic carbocycles. The molecule has 0 unspecified atom stereocenters. The summed E-state index contributed by atoms with van der Waals surface area (Å²) < 4.78 is 9.91. The van der Waals surface area contributed by atoms with Crippen LogP contribution in [0.15, 0.2) is 16.8 Å². The van der Waals surface area contributed by atoms with Crippen LogP contribution in [0.25, 0.3) is 0 Å². The highest BCUT2D eigenvalue weighted by Crippen LogP contribution is 2.13. The second-order valence-electron chi connectivity index (χ2n) is 3.89. The van der Waals surface area contributed by atoms with Crippen LogP contribution in [0.3, 0.4) is 0 Å². The van der Waals surface area contributed by atoms with Crippen LogP contribution in [0.4, 0.5) is 17.6 Å². The molecule has 0 fully saturated rings. The Balaban J connectivity index is 1.91. The van der Waals surface area contributed by atoms with Gasteiger partial charge in [-0.2, -0.15) is 10.1 Å². The zero-order valence-electron chi connectivity index (χ0n) is 10.9. The van der Waals surface area contributed by atoms with E-state index >= 15 is 0 Å². The Morgan fingerprint density at radius 1 is 1.37 bits per heavy atom. The van der Waals surface area contributed by atoms with E-state index in [0.717, 1.165) is 18.7 Å². The molecule has 2 heterocycles. The van der Waals surface area contributed by atoms with Gasteiger partial charge in [0.2, 0.25) is 5.95 Å². The standard InChI is InChI=1S/C11H16N6O2/c1-8-6-9(17-19-8)14-10-7-13-16-11(15-10)12-4-3-5-18-2/h6-7H,3-5H2,1-2H3,(H2,12,14,15,16,17). The lowest BCUT2D eigenvalue weighted by Gasteiger charge is -2.05. The maximum atomic E-state index is 4.96. The summed E-state index contributed by atoms with van der Waals surface area (Å²) in [5.74, 6) is 2.32. The molecule has 2 aromatic rings. The molecule has 102 valence electrons. The quantitative estimate of drug-likeness (QED) is 0.723. The Morgan fingerprint density at radius 3 is 3.00 bits per heavy atom. The molecule has 0 spiro atoms. The van der Waals surface area contributed by atoms with E-state index in [4.69, 9.17) is 9.26 Å². The van der Waals surface area contributed by atoms with Crippen molar-refractivity contribution in [3.05, 3.63) is 18.0 Å². The van der Waals surface area contributed by atoms with Crippen LogP contribution in [0, 0.1) is 6.92 Å². The molecule has 0 radical (unpaired) electrons. The van der Waals surface area contributed by atoms with Gasteiger partial charge in [-0.1, -0.05) is 5.16 Å². The number of anilines is 3. The van der Waals surface area contributed by atoms with Gasteiger partial charge in [0.25, 0.3) is 0 Å². The fourth-order valence-electron chi connectivity index (χ4n) is 1.41. The van der Waals surface area contributed by atoms with Crippen molar-refractivity contribution in [2.45, 2.75) is 13.3 Å². The Bertz CT molecular complexity index is 515. The van der Waals surface area contributed by atoms with Crippen LogP contribution in [-0.2, 0) is 4.74 Å². The van der Waals surface area contributed by atoms with Crippen molar-refractivity contribution in [1.29, 1.82) is 0 Å². The van der Waals surface area contributed by atoms with Crippen molar-refractivity contribution < 1.29 is 9.26 Å². The Morgan fingerprint density at radius 2 is 2.26 bits per heavy atom. The molecule has 2 aromatic heterocycles. The van der Waals surface area contributed by atoms with Crippen molar-refractivity contribution in [2.24, 2.45) is 0 Å². The Kier molecular flexibility index (Phi) is 4.62. The van der Waals surface area contributed by atoms with E-state index in [1.165, 1.54) is 6.20 Å². The van der Waals surface area contributed by atoms with Crippen molar-refractivity contribution in [2.75, 3.05) is 30.9 Å². The largest absolute Gasteiger partial charge is 0.385 e. The molecule has 0 aliphatic heterocycles. The van der Waals surface area contributed by atoms with Gasteiger partial charge >= 0.3 is 0 Å². The number of hydrogen-bond acceptors (Lipinski definition) is 8. The predicted molar refractivity (Wildman–Crippen MR) is 69.3 cm³/mol. The van der Waals surface area contributed by atoms with Crippen LogP contribution in [0.5, 0.6) is 0 Å². The lowest BCUT2D eigenvalue weighted by Crippen LogP contribution is -2.09. The van der Waals surface area contributed by atoms with Gasteiger partial charge in [0, 0.05) is 26.3 Å². The summed E-state index contributed by atoms with van der Waals surface area (Å²) in [5, 5.41) is 17.6. The van der Waals surface area contributed by atoms with E-state index in [1.807, 2.05) is 6.92 Å². The zero-order valence-corrected chi connectivity index (χ0v) is 10.9. The summed E-state index contributed by atoms with van der Waals surface area (Å²) in [5.41, 5.74) is 0. The first kappa shape index (κ1) is 13.2. The zero-order chi connectivity index (χ0) is 13.5. The number of rotatable bonds is 7. The highest BCUT2D eigenvalue weighted by atomic mass is 16.5. The average Bonchev–Trinajstić information content (AvgIpc) is 2.81. The number of aromatic nitrogens is 4. The lowest BCUT2D eigenvalue weighted by atomic mass is 10.4. The molecular formula is C11H16N6O2. The van der Waals surface area contributed by atoms with Gasteiger partial charge in [-0.3, -0.25) is 0 Å². The molecule has 2 N–H and O–H groups in total. The molecule has 0 saturated carbocycles. The third kappa shape index (κ3) is 4.18. The highest BCUT2D eigenvalue weighted by Gasteiger charge is 2.04. The Hall–Kier alpha value is -2.22. The third-order valence-electron chi connectivity index (χ3n) is 2.25. The minimum atomic E-state index is 0.460. The van der Waals surface area contributed by atoms with Gasteiger partial charge in [-0.15, -0.1) is 5.10 Å². The summed E-state index contributed by atoms with van der Waals surface area (Å²) in [7, 11) is 1.67. The number of nitrogens with one attached hydrogen (secondary N) is 2. The molecule has 0 aliphatic rings. The van der Waals surface area contributed by atoms with Crippen LogP contribution in [0.1, 0.15) is 12.2 Å². The molecule has 8 heteroatoms. The second-order valence-corrected chi connectivity index (χ2v) is 3.89. The van der Waals surface area contributed by atoms with Crippen molar-refractivity contribution in [3.8, 4) is 0 Å². The summed E-state index contributed by atoms with van der Waals surface area (Å²) in [6.07, 6.45) is 2.39. The molecule has 8 nitrogen and oxygen atoms in total. The molecular weight excluding hydrogens is 248 g/mol. The molecule has 0 saturated heterocycles. The van der Waals surface area contributed by atoms with E-state index in [-0.39, 0.29) is 0 Å². The van der Waals surface area contributed by atoms with E-state index in [0.29, 0.717) is 24.2 Å². The van der Waals surface area contributed by atoms with Crippen LogP contribution < -0.4 is 10.6 Å². The summed E-state index contributed by atoms with van der Waals surface area (Å²) in [4.78, 5) is 4.26. The highest BCUT2D eigenvalue weighted by molar-refractivity contribution is 5.51. The SMILES string of the molecule is COCCCNc1nncc(Nc2cc(C)on2)n1. The summed E-state index contributed by atoms with van der Waals surface area (Å²) >= 11 is 0. The normalized spacial score (nSPS) is 10.4. The van der Waals surface area contributed by atoms with E-state index in [9.17, 15) is 0 Å². The van der Waals surface area contributed by atoms with Crippen LogP contribution in [0.2, 0.25) is 0 Å². The molecule has 19 heavy (non-hydrogen) atoms. The molecule has 0 atom stereocenters. The molecule has 0 bridgehead atoms. The second kappa shape index (κ2) is 6.64. The summed E-state index contributed by atoms with van der Waals surface area (Å²) in [6, 6.07) is 1.77. The fraction of sp³-hybridized carbons (Fsp3) is 0.455. The maximum Gasteiger partial charge on any atom is 0.244 e.